The zero-order valence-electron chi connectivity index (χ0n) is 11.1. The molecule has 2 aliphatic heterocycles. The molecule has 0 N–H and O–H groups in total. The number of nitrogens with zero attached hydrogens (tertiary/aromatic N) is 2. The van der Waals surface area contributed by atoms with E-state index in [4.69, 9.17) is 0 Å². The van der Waals surface area contributed by atoms with Crippen LogP contribution in [-0.4, -0.2) is 39.5 Å². The third-order valence-electron chi connectivity index (χ3n) is 3.19. The number of carbonyl (C=O) groups is 4. The Labute approximate surface area is 116 Å². The predicted octanol–water partition coefficient (Wildman–Crippen LogP) is 0.557. The lowest BCUT2D eigenvalue weighted by Gasteiger charge is -2.28. The molecule has 0 saturated heterocycles. The van der Waals surface area contributed by atoms with Crippen molar-refractivity contribution in [3.63, 3.8) is 0 Å². The van der Waals surface area contributed by atoms with Crippen molar-refractivity contribution in [2.75, 3.05) is 0 Å². The second-order valence-corrected chi connectivity index (χ2v) is 4.62. The number of hydrogen-bond acceptors (Lipinski definition) is 4. The van der Waals surface area contributed by atoms with Crippen molar-refractivity contribution < 1.29 is 19.2 Å². The molecule has 2 rings (SSSR count). The van der Waals surface area contributed by atoms with Gasteiger partial charge in [-0.1, -0.05) is 19.8 Å². The van der Waals surface area contributed by atoms with Gasteiger partial charge in [0.2, 0.25) is 0 Å². The van der Waals surface area contributed by atoms with Gasteiger partial charge in [-0.2, -0.15) is 0 Å². The van der Waals surface area contributed by atoms with Gasteiger partial charge in [0.15, 0.2) is 0 Å². The molecule has 0 aromatic rings. The van der Waals surface area contributed by atoms with Crippen LogP contribution >= 0.6 is 0 Å². The molecule has 1 unspecified atom stereocenters. The summed E-state index contributed by atoms with van der Waals surface area (Å²) >= 11 is 0. The van der Waals surface area contributed by atoms with E-state index in [0.717, 1.165) is 22.6 Å². The standard InChI is InChI=1S/C14H15N2O4/c1-2-3-4-10(16-13(19)7-8-14(16)20)9-15-11(17)5-6-12(15)18/h5-10H,2-4H2,1H3. The summed E-state index contributed by atoms with van der Waals surface area (Å²) in [4.78, 5) is 48.6. The Hall–Kier alpha value is -2.24. The lowest BCUT2D eigenvalue weighted by Crippen LogP contribution is -2.45. The molecule has 20 heavy (non-hydrogen) atoms. The van der Waals surface area contributed by atoms with Crippen molar-refractivity contribution in [3.05, 3.63) is 30.8 Å². The molecule has 0 aliphatic carbocycles. The minimum atomic E-state index is -0.585. The van der Waals surface area contributed by atoms with E-state index < -0.39 is 29.7 Å². The zero-order chi connectivity index (χ0) is 14.7. The Morgan fingerprint density at radius 3 is 1.95 bits per heavy atom. The first-order chi connectivity index (χ1) is 9.54. The maximum Gasteiger partial charge on any atom is 0.254 e. The van der Waals surface area contributed by atoms with Crippen molar-refractivity contribution in [2.45, 2.75) is 32.2 Å². The summed E-state index contributed by atoms with van der Waals surface area (Å²) in [5.74, 6) is -1.74. The average Bonchev–Trinajstić information content (AvgIpc) is 2.91. The average molecular weight is 275 g/mol. The van der Waals surface area contributed by atoms with E-state index in [1.54, 1.807) is 0 Å². The van der Waals surface area contributed by atoms with Gasteiger partial charge >= 0.3 is 0 Å². The Morgan fingerprint density at radius 2 is 1.45 bits per heavy atom. The van der Waals surface area contributed by atoms with Gasteiger partial charge in [0.25, 0.3) is 23.6 Å². The highest BCUT2D eigenvalue weighted by molar-refractivity contribution is 6.15. The molecular weight excluding hydrogens is 260 g/mol. The molecular formula is C14H15N2O4. The third kappa shape index (κ3) is 2.68. The summed E-state index contributed by atoms with van der Waals surface area (Å²) in [5.41, 5.74) is 0. The molecule has 1 atom stereocenters. The van der Waals surface area contributed by atoms with Crippen LogP contribution in [0.15, 0.2) is 24.3 Å². The van der Waals surface area contributed by atoms with Crippen LogP contribution in [0.3, 0.4) is 0 Å². The molecule has 0 saturated carbocycles. The van der Waals surface area contributed by atoms with Crippen LogP contribution in [0.5, 0.6) is 0 Å². The highest BCUT2D eigenvalue weighted by Crippen LogP contribution is 2.20. The van der Waals surface area contributed by atoms with Crippen LogP contribution in [0.2, 0.25) is 0 Å². The number of hydrogen-bond donors (Lipinski definition) is 0. The second kappa shape index (κ2) is 5.81. The fourth-order valence-electron chi connectivity index (χ4n) is 2.15. The molecule has 0 aromatic carbocycles. The molecule has 2 aliphatic rings. The quantitative estimate of drug-likeness (QED) is 0.664. The van der Waals surface area contributed by atoms with Crippen molar-refractivity contribution >= 4 is 23.6 Å². The van der Waals surface area contributed by atoms with Crippen molar-refractivity contribution in [3.8, 4) is 0 Å². The molecule has 105 valence electrons. The molecule has 0 fully saturated rings. The molecule has 6 heteroatoms. The highest BCUT2D eigenvalue weighted by atomic mass is 16.2. The SMILES string of the molecule is CCCCC([CH]N1C(=O)C=CC1=O)N1C(=O)C=CC1=O. The summed E-state index contributed by atoms with van der Waals surface area (Å²) in [7, 11) is 0. The second-order valence-electron chi connectivity index (χ2n) is 4.62. The van der Waals surface area contributed by atoms with Crippen molar-refractivity contribution in [1.29, 1.82) is 0 Å². The largest absolute Gasteiger partial charge is 0.270 e. The molecule has 0 aromatic heterocycles. The summed E-state index contributed by atoms with van der Waals surface area (Å²) in [6.45, 7) is 3.35. The number of amides is 4. The van der Waals surface area contributed by atoms with Crippen LogP contribution in [-0.2, 0) is 19.2 Å². The van der Waals surface area contributed by atoms with Gasteiger partial charge in [0, 0.05) is 24.3 Å². The van der Waals surface area contributed by atoms with E-state index >= 15 is 0 Å². The van der Waals surface area contributed by atoms with Gasteiger partial charge in [0.05, 0.1) is 12.6 Å². The monoisotopic (exact) mass is 275 g/mol. The maximum absolute atomic E-state index is 11.7. The lowest BCUT2D eigenvalue weighted by atomic mass is 10.1. The highest BCUT2D eigenvalue weighted by Gasteiger charge is 2.35. The Balaban J connectivity index is 2.12. The Morgan fingerprint density at radius 1 is 0.950 bits per heavy atom. The predicted molar refractivity (Wildman–Crippen MR) is 69.6 cm³/mol. The minimum absolute atomic E-state index is 0.417. The first-order valence-electron chi connectivity index (χ1n) is 6.50. The summed E-state index contributed by atoms with van der Waals surface area (Å²) in [5, 5.41) is 0. The van der Waals surface area contributed by atoms with Gasteiger partial charge in [-0.15, -0.1) is 0 Å². The number of unbranched alkanes of at least 4 members (excludes halogenated alkanes) is 1. The first kappa shape index (κ1) is 14.2. The summed E-state index contributed by atoms with van der Waals surface area (Å²) < 4.78 is 0. The summed E-state index contributed by atoms with van der Waals surface area (Å²) in [6.07, 6.45) is 6.91. The lowest BCUT2D eigenvalue weighted by molar-refractivity contribution is -0.143. The first-order valence-corrected chi connectivity index (χ1v) is 6.50. The van der Waals surface area contributed by atoms with Gasteiger partial charge in [-0.05, 0) is 6.42 Å². The number of rotatable bonds is 6. The van der Waals surface area contributed by atoms with E-state index in [2.05, 4.69) is 0 Å². The van der Waals surface area contributed by atoms with Crippen LogP contribution in [0.4, 0.5) is 0 Å². The normalized spacial score (nSPS) is 19.6. The number of imide groups is 2. The molecule has 4 amide bonds. The van der Waals surface area contributed by atoms with Gasteiger partial charge in [0.1, 0.15) is 0 Å². The Bertz CT molecular complexity index is 485. The molecule has 2 heterocycles. The molecule has 1 radical (unpaired) electrons. The van der Waals surface area contributed by atoms with Crippen molar-refractivity contribution in [1.82, 2.24) is 9.80 Å². The fraction of sp³-hybridized carbons (Fsp3) is 0.357. The van der Waals surface area contributed by atoms with Crippen LogP contribution in [0.25, 0.3) is 0 Å². The van der Waals surface area contributed by atoms with E-state index in [1.807, 2.05) is 6.92 Å². The third-order valence-corrected chi connectivity index (χ3v) is 3.19. The molecule has 6 nitrogen and oxygen atoms in total. The Kier molecular flexibility index (Phi) is 4.12. The van der Waals surface area contributed by atoms with E-state index in [-0.39, 0.29) is 0 Å². The molecule has 0 bridgehead atoms. The molecule has 0 spiro atoms. The minimum Gasteiger partial charge on any atom is -0.270 e. The topological polar surface area (TPSA) is 74.8 Å². The summed E-state index contributed by atoms with van der Waals surface area (Å²) in [6, 6.07) is -0.585. The number of carbonyl (C=O) groups excluding carboxylic acids is 4. The fourth-order valence-corrected chi connectivity index (χ4v) is 2.15. The van der Waals surface area contributed by atoms with Crippen LogP contribution < -0.4 is 0 Å². The van der Waals surface area contributed by atoms with Gasteiger partial charge in [-0.3, -0.25) is 29.0 Å². The van der Waals surface area contributed by atoms with E-state index in [1.165, 1.54) is 30.8 Å². The van der Waals surface area contributed by atoms with Crippen LogP contribution in [0.1, 0.15) is 26.2 Å². The van der Waals surface area contributed by atoms with Crippen molar-refractivity contribution in [2.24, 2.45) is 0 Å². The smallest absolute Gasteiger partial charge is 0.254 e. The van der Waals surface area contributed by atoms with E-state index in [0.29, 0.717) is 6.42 Å². The van der Waals surface area contributed by atoms with Gasteiger partial charge in [-0.25, -0.2) is 0 Å². The zero-order valence-corrected chi connectivity index (χ0v) is 11.1. The van der Waals surface area contributed by atoms with E-state index in [9.17, 15) is 19.2 Å². The van der Waals surface area contributed by atoms with Gasteiger partial charge < -0.3 is 0 Å². The maximum atomic E-state index is 11.7. The van der Waals surface area contributed by atoms with Crippen LogP contribution in [0, 0.1) is 6.54 Å².